The summed E-state index contributed by atoms with van der Waals surface area (Å²) in [4.78, 5) is 8.25. The molecule has 1 aromatic heterocycles. The van der Waals surface area contributed by atoms with Crippen molar-refractivity contribution in [3.8, 4) is 0 Å². The van der Waals surface area contributed by atoms with Gasteiger partial charge in [-0.25, -0.2) is 0 Å². The summed E-state index contributed by atoms with van der Waals surface area (Å²) in [5.41, 5.74) is 0. The smallest absolute Gasteiger partial charge is 0.228 e. The van der Waals surface area contributed by atoms with Gasteiger partial charge in [0.2, 0.25) is 5.89 Å². The summed E-state index contributed by atoms with van der Waals surface area (Å²) in [6.45, 7) is 7.74. The van der Waals surface area contributed by atoms with Crippen LogP contribution in [-0.2, 0) is 6.42 Å². The van der Waals surface area contributed by atoms with Gasteiger partial charge in [-0.15, -0.1) is 0 Å². The molecule has 1 aromatic rings. The van der Waals surface area contributed by atoms with Crippen LogP contribution in [0.3, 0.4) is 0 Å². The molecule has 0 aliphatic heterocycles. The number of nitrogens with zero attached hydrogens (tertiary/aromatic N) is 3. The summed E-state index contributed by atoms with van der Waals surface area (Å²) in [7, 11) is 1.76. The van der Waals surface area contributed by atoms with Gasteiger partial charge < -0.3 is 15.2 Å². The van der Waals surface area contributed by atoms with Gasteiger partial charge in [0.25, 0.3) is 0 Å². The van der Waals surface area contributed by atoms with Gasteiger partial charge in [-0.2, -0.15) is 4.98 Å². The number of aromatic nitrogens is 2. The Hall–Kier alpha value is -1.59. The molecule has 0 amide bonds. The number of aryl methyl sites for hydroxylation is 1. The molecule has 0 radical (unpaired) electrons. The van der Waals surface area contributed by atoms with Crippen molar-refractivity contribution in [2.45, 2.75) is 27.2 Å². The molecule has 1 rings (SSSR count). The third-order valence-corrected chi connectivity index (χ3v) is 2.10. The highest BCUT2D eigenvalue weighted by Gasteiger charge is 2.03. The highest BCUT2D eigenvalue weighted by atomic mass is 16.5. The molecular formula is C11H21N5O. The minimum absolute atomic E-state index is 0.590. The average Bonchev–Trinajstić information content (AvgIpc) is 2.69. The van der Waals surface area contributed by atoms with Gasteiger partial charge in [-0.1, -0.05) is 19.0 Å². The lowest BCUT2D eigenvalue weighted by molar-refractivity contribution is 0.374. The fourth-order valence-electron chi connectivity index (χ4n) is 1.25. The van der Waals surface area contributed by atoms with Crippen molar-refractivity contribution in [3.63, 3.8) is 0 Å². The largest absolute Gasteiger partial charge is 0.356 e. The van der Waals surface area contributed by atoms with E-state index in [9.17, 15) is 0 Å². The van der Waals surface area contributed by atoms with E-state index in [0.29, 0.717) is 24.1 Å². The van der Waals surface area contributed by atoms with E-state index in [1.165, 1.54) is 0 Å². The Labute approximate surface area is 102 Å². The van der Waals surface area contributed by atoms with Crippen LogP contribution in [0.5, 0.6) is 0 Å². The molecule has 0 aliphatic rings. The summed E-state index contributed by atoms with van der Waals surface area (Å²) in [5, 5.41) is 10.2. The SMILES string of the molecule is CN=C(NCCc1nc(C)no1)NCC(C)C. The van der Waals surface area contributed by atoms with Gasteiger partial charge in [0.15, 0.2) is 11.8 Å². The predicted octanol–water partition coefficient (Wildman–Crippen LogP) is 0.742. The Morgan fingerprint density at radius 3 is 2.71 bits per heavy atom. The highest BCUT2D eigenvalue weighted by molar-refractivity contribution is 5.79. The molecule has 0 aliphatic carbocycles. The van der Waals surface area contributed by atoms with Crippen molar-refractivity contribution < 1.29 is 4.52 Å². The summed E-state index contributed by atoms with van der Waals surface area (Å²) in [6.07, 6.45) is 0.698. The highest BCUT2D eigenvalue weighted by Crippen LogP contribution is 1.95. The third kappa shape index (κ3) is 5.33. The zero-order valence-electron chi connectivity index (χ0n) is 10.9. The topological polar surface area (TPSA) is 75.3 Å². The molecule has 0 aromatic carbocycles. The van der Waals surface area contributed by atoms with Crippen molar-refractivity contribution in [3.05, 3.63) is 11.7 Å². The molecule has 0 unspecified atom stereocenters. The quantitative estimate of drug-likeness (QED) is 0.585. The number of hydrogen-bond donors (Lipinski definition) is 2. The molecule has 6 nitrogen and oxygen atoms in total. The summed E-state index contributed by atoms with van der Waals surface area (Å²) in [6, 6.07) is 0. The maximum absolute atomic E-state index is 5.02. The maximum atomic E-state index is 5.02. The molecule has 0 bridgehead atoms. The van der Waals surface area contributed by atoms with E-state index in [2.05, 4.69) is 39.6 Å². The minimum atomic E-state index is 0.590. The minimum Gasteiger partial charge on any atom is -0.356 e. The standard InChI is InChI=1S/C11H21N5O/c1-8(2)7-14-11(12-4)13-6-5-10-15-9(3)16-17-10/h8H,5-7H2,1-4H3,(H2,12,13,14). The van der Waals surface area contributed by atoms with Crippen LogP contribution in [0, 0.1) is 12.8 Å². The Morgan fingerprint density at radius 2 is 2.18 bits per heavy atom. The molecule has 6 heteroatoms. The lowest BCUT2D eigenvalue weighted by Gasteiger charge is -2.12. The van der Waals surface area contributed by atoms with Gasteiger partial charge in [-0.3, -0.25) is 4.99 Å². The van der Waals surface area contributed by atoms with E-state index in [0.717, 1.165) is 19.0 Å². The zero-order chi connectivity index (χ0) is 12.7. The van der Waals surface area contributed by atoms with Crippen molar-refractivity contribution in [1.29, 1.82) is 0 Å². The van der Waals surface area contributed by atoms with Crippen molar-refractivity contribution in [2.75, 3.05) is 20.1 Å². The Kier molecular flexibility index (Phi) is 5.45. The number of nitrogens with one attached hydrogen (secondary N) is 2. The number of rotatable bonds is 5. The zero-order valence-corrected chi connectivity index (χ0v) is 10.9. The van der Waals surface area contributed by atoms with Crippen molar-refractivity contribution >= 4 is 5.96 Å². The summed E-state index contributed by atoms with van der Waals surface area (Å²) >= 11 is 0. The first-order valence-electron chi connectivity index (χ1n) is 5.85. The van der Waals surface area contributed by atoms with Gasteiger partial charge in [0, 0.05) is 26.6 Å². The maximum Gasteiger partial charge on any atom is 0.228 e. The second-order valence-corrected chi connectivity index (χ2v) is 4.26. The monoisotopic (exact) mass is 239 g/mol. The second-order valence-electron chi connectivity index (χ2n) is 4.26. The van der Waals surface area contributed by atoms with Crippen LogP contribution in [0.25, 0.3) is 0 Å². The first-order valence-corrected chi connectivity index (χ1v) is 5.85. The van der Waals surface area contributed by atoms with Gasteiger partial charge >= 0.3 is 0 Å². The third-order valence-electron chi connectivity index (χ3n) is 2.10. The molecular weight excluding hydrogens is 218 g/mol. The van der Waals surface area contributed by atoms with Gasteiger partial charge in [0.05, 0.1) is 0 Å². The van der Waals surface area contributed by atoms with E-state index in [-0.39, 0.29) is 0 Å². The fraction of sp³-hybridized carbons (Fsp3) is 0.727. The lowest BCUT2D eigenvalue weighted by Crippen LogP contribution is -2.39. The molecule has 17 heavy (non-hydrogen) atoms. The molecule has 0 saturated heterocycles. The summed E-state index contributed by atoms with van der Waals surface area (Å²) < 4.78 is 5.02. The van der Waals surface area contributed by atoms with E-state index >= 15 is 0 Å². The van der Waals surface area contributed by atoms with Gasteiger partial charge in [0.1, 0.15) is 0 Å². The molecule has 96 valence electrons. The first-order chi connectivity index (χ1) is 8.11. The molecule has 0 fully saturated rings. The number of guanidine groups is 1. The van der Waals surface area contributed by atoms with Crippen LogP contribution in [-0.4, -0.2) is 36.2 Å². The second kappa shape index (κ2) is 6.88. The first kappa shape index (κ1) is 13.5. The normalized spacial score (nSPS) is 11.9. The van der Waals surface area contributed by atoms with E-state index in [4.69, 9.17) is 4.52 Å². The van der Waals surface area contributed by atoms with Crippen LogP contribution >= 0.6 is 0 Å². The van der Waals surface area contributed by atoms with Crippen LogP contribution in [0.2, 0.25) is 0 Å². The van der Waals surface area contributed by atoms with E-state index < -0.39 is 0 Å². The Bertz CT molecular complexity index is 358. The van der Waals surface area contributed by atoms with E-state index in [1.807, 2.05) is 6.92 Å². The van der Waals surface area contributed by atoms with Crippen LogP contribution in [0.1, 0.15) is 25.6 Å². The molecule has 1 heterocycles. The molecule has 0 spiro atoms. The predicted molar refractivity (Wildman–Crippen MR) is 66.9 cm³/mol. The average molecular weight is 239 g/mol. The van der Waals surface area contributed by atoms with Crippen LogP contribution in [0.4, 0.5) is 0 Å². The number of hydrogen-bond acceptors (Lipinski definition) is 4. The van der Waals surface area contributed by atoms with Crippen LogP contribution in [0.15, 0.2) is 9.52 Å². The van der Waals surface area contributed by atoms with Gasteiger partial charge in [-0.05, 0) is 12.8 Å². The lowest BCUT2D eigenvalue weighted by atomic mass is 10.2. The van der Waals surface area contributed by atoms with E-state index in [1.54, 1.807) is 7.05 Å². The Morgan fingerprint density at radius 1 is 1.41 bits per heavy atom. The van der Waals surface area contributed by atoms with Crippen molar-refractivity contribution in [2.24, 2.45) is 10.9 Å². The van der Waals surface area contributed by atoms with Crippen LogP contribution < -0.4 is 10.6 Å². The summed E-state index contributed by atoms with van der Waals surface area (Å²) in [5.74, 6) is 2.71. The molecule has 0 atom stereocenters. The molecule has 2 N–H and O–H groups in total. The fourth-order valence-corrected chi connectivity index (χ4v) is 1.25. The Balaban J connectivity index is 2.24. The molecule has 0 saturated carbocycles. The van der Waals surface area contributed by atoms with Crippen molar-refractivity contribution in [1.82, 2.24) is 20.8 Å². The number of aliphatic imine (C=N–C) groups is 1.